The van der Waals surface area contributed by atoms with Gasteiger partial charge >= 0.3 is 29.6 Å². The van der Waals surface area contributed by atoms with Crippen LogP contribution in [0, 0.1) is 0 Å². The fourth-order valence-electron chi connectivity index (χ4n) is 2.68. The number of halogens is 1. The van der Waals surface area contributed by atoms with Crippen molar-refractivity contribution in [1.82, 2.24) is 0 Å². The molecule has 9 atom stereocenters. The van der Waals surface area contributed by atoms with Crippen LogP contribution in [0.2, 0.25) is 0 Å². The molecule has 0 saturated carbocycles. The molecule has 144 valence electrons. The first-order valence-corrected chi connectivity index (χ1v) is 7.48. The summed E-state index contributed by atoms with van der Waals surface area (Å²) in [7, 11) is 0. The first-order chi connectivity index (χ1) is 11.3. The van der Waals surface area contributed by atoms with Crippen molar-refractivity contribution in [3.63, 3.8) is 0 Å². The Morgan fingerprint density at radius 2 is 1.56 bits per heavy atom. The fraction of sp³-hybridized carbons (Fsp3) is 1.00. The van der Waals surface area contributed by atoms with Crippen molar-refractivity contribution in [1.29, 1.82) is 0 Å². The van der Waals surface area contributed by atoms with Gasteiger partial charge in [-0.1, -0.05) is 0 Å². The Morgan fingerprint density at radius 1 is 0.920 bits per heavy atom. The van der Waals surface area contributed by atoms with Gasteiger partial charge in [-0.3, -0.25) is 4.29 Å². The van der Waals surface area contributed by atoms with Gasteiger partial charge < -0.3 is 50.0 Å². The first-order valence-electron chi connectivity index (χ1n) is 7.18. The number of rotatable bonds is 6. The Morgan fingerprint density at radius 3 is 2.04 bits per heavy atom. The third-order valence-corrected chi connectivity index (χ3v) is 4.24. The SMILES string of the molecule is OC[C@H]1O[C@@](CO)(O[C@H]2O[C@H](COCl)[C@@H](O)[C@H](O)[C@H]2O)[C@@H](O)[C@@H]1O.[NaH]. The van der Waals surface area contributed by atoms with E-state index in [1.165, 1.54) is 0 Å². The van der Waals surface area contributed by atoms with Gasteiger partial charge in [0.15, 0.2) is 6.29 Å². The van der Waals surface area contributed by atoms with Crippen molar-refractivity contribution < 1.29 is 54.2 Å². The van der Waals surface area contributed by atoms with Crippen LogP contribution in [0.15, 0.2) is 0 Å². The van der Waals surface area contributed by atoms with Crippen LogP contribution in [0.3, 0.4) is 0 Å². The fourth-order valence-corrected chi connectivity index (χ4v) is 2.80. The Hall–Kier alpha value is 0.850. The normalized spacial score (nSPS) is 47.5. The summed E-state index contributed by atoms with van der Waals surface area (Å²) < 4.78 is 20.0. The Labute approximate surface area is 170 Å². The number of hydrogen-bond donors (Lipinski definition) is 7. The molecule has 2 aliphatic heterocycles. The third kappa shape index (κ3) is 4.65. The topological polar surface area (TPSA) is 179 Å². The Kier molecular flexibility index (Phi) is 9.43. The van der Waals surface area contributed by atoms with Crippen LogP contribution in [0.25, 0.3) is 0 Å². The first kappa shape index (κ1) is 23.9. The predicted octanol–water partition coefficient (Wildman–Crippen LogP) is -4.87. The molecule has 0 aromatic heterocycles. The second kappa shape index (κ2) is 9.87. The van der Waals surface area contributed by atoms with Crippen LogP contribution in [-0.2, 0) is 18.5 Å². The summed E-state index contributed by atoms with van der Waals surface area (Å²) in [5.41, 5.74) is 0. The molecule has 2 rings (SSSR count). The molecule has 0 amide bonds. The summed E-state index contributed by atoms with van der Waals surface area (Å²) in [6.45, 7) is -1.98. The van der Waals surface area contributed by atoms with Gasteiger partial charge in [-0.25, -0.2) is 0 Å². The molecule has 0 radical (unpaired) electrons. The molecule has 2 heterocycles. The molecule has 7 N–H and O–H groups in total. The van der Waals surface area contributed by atoms with E-state index < -0.39 is 68.0 Å². The molecular formula is C12H22ClNaO11. The average molecular weight is 401 g/mol. The second-order valence-corrected chi connectivity index (χ2v) is 5.87. The van der Waals surface area contributed by atoms with E-state index in [0.29, 0.717) is 0 Å². The number of aliphatic hydroxyl groups is 7. The molecule has 2 fully saturated rings. The van der Waals surface area contributed by atoms with Gasteiger partial charge in [0.2, 0.25) is 5.79 Å². The summed E-state index contributed by atoms with van der Waals surface area (Å²) in [5.74, 6) is -2.22. The molecule has 2 aliphatic rings. The molecule has 0 aliphatic carbocycles. The molecule has 25 heavy (non-hydrogen) atoms. The van der Waals surface area contributed by atoms with Crippen LogP contribution in [-0.4, -0.2) is 140 Å². The third-order valence-electron chi connectivity index (χ3n) is 4.12. The second-order valence-electron chi connectivity index (χ2n) is 5.65. The molecule has 0 unspecified atom stereocenters. The predicted molar refractivity (Wildman–Crippen MR) is 80.5 cm³/mol. The number of ether oxygens (including phenoxy) is 3. The van der Waals surface area contributed by atoms with Gasteiger partial charge in [-0.2, -0.15) is 0 Å². The summed E-state index contributed by atoms with van der Waals surface area (Å²) in [6.07, 6.45) is -12.4. The minimum atomic E-state index is -2.22. The number of aliphatic hydroxyl groups excluding tert-OH is 7. The van der Waals surface area contributed by atoms with E-state index in [4.69, 9.17) is 31.2 Å². The average Bonchev–Trinajstić information content (AvgIpc) is 2.82. The minimum absolute atomic E-state index is 0. The van der Waals surface area contributed by atoms with E-state index in [9.17, 15) is 30.6 Å². The van der Waals surface area contributed by atoms with E-state index in [2.05, 4.69) is 4.29 Å². The van der Waals surface area contributed by atoms with Crippen LogP contribution < -0.4 is 0 Å². The van der Waals surface area contributed by atoms with E-state index >= 15 is 0 Å². The van der Waals surface area contributed by atoms with Crippen LogP contribution >= 0.6 is 11.9 Å². The molecule has 0 aromatic carbocycles. The maximum absolute atomic E-state index is 10.0. The molecule has 0 spiro atoms. The van der Waals surface area contributed by atoms with Crippen molar-refractivity contribution >= 4 is 41.4 Å². The zero-order valence-electron chi connectivity index (χ0n) is 12.4. The molecule has 13 heteroatoms. The summed E-state index contributed by atoms with van der Waals surface area (Å²) >= 11 is 5.10. The van der Waals surface area contributed by atoms with Gasteiger partial charge in [0.05, 0.1) is 25.1 Å². The zero-order valence-corrected chi connectivity index (χ0v) is 13.1. The maximum atomic E-state index is 10.0. The van der Waals surface area contributed by atoms with Crippen molar-refractivity contribution in [3.05, 3.63) is 0 Å². The molecule has 2 saturated heterocycles. The van der Waals surface area contributed by atoms with Gasteiger partial charge in [-0.05, 0) is 0 Å². The Balaban J connectivity index is 0.00000312. The van der Waals surface area contributed by atoms with Gasteiger partial charge in [0, 0.05) is 0 Å². The van der Waals surface area contributed by atoms with Crippen molar-refractivity contribution in [2.75, 3.05) is 19.8 Å². The molecule has 11 nitrogen and oxygen atoms in total. The van der Waals surface area contributed by atoms with Crippen LogP contribution in [0.1, 0.15) is 0 Å². The summed E-state index contributed by atoms with van der Waals surface area (Å²) in [4.78, 5) is 0. The zero-order chi connectivity index (χ0) is 18.1. The van der Waals surface area contributed by atoms with E-state index in [1.807, 2.05) is 0 Å². The standard InChI is InChI=1S/C12H21ClO11.Na.H/c13-21-2-5-6(16)8(18)9(19)11(22-5)24-12(3-15)10(20)7(17)4(1-14)23-12;;/h4-11,14-20H,1-3H2;;/t4-,5-,6-,7-,8+,9-,10+,11-,12+;;/m1../s1. The quantitative estimate of drug-likeness (QED) is 0.212. The van der Waals surface area contributed by atoms with Gasteiger partial charge in [0.25, 0.3) is 0 Å². The Bertz CT molecular complexity index is 421. The van der Waals surface area contributed by atoms with E-state index in [0.717, 1.165) is 0 Å². The number of hydrogen-bond acceptors (Lipinski definition) is 11. The van der Waals surface area contributed by atoms with Crippen LogP contribution in [0.5, 0.6) is 0 Å². The van der Waals surface area contributed by atoms with Gasteiger partial charge in [-0.15, -0.1) is 0 Å². The van der Waals surface area contributed by atoms with E-state index in [1.54, 1.807) is 0 Å². The van der Waals surface area contributed by atoms with Crippen molar-refractivity contribution in [2.24, 2.45) is 0 Å². The van der Waals surface area contributed by atoms with Crippen molar-refractivity contribution in [2.45, 2.75) is 54.8 Å². The van der Waals surface area contributed by atoms with Crippen molar-refractivity contribution in [3.8, 4) is 0 Å². The molecular weight excluding hydrogens is 379 g/mol. The van der Waals surface area contributed by atoms with E-state index in [-0.39, 0.29) is 36.2 Å². The molecule has 0 bridgehead atoms. The summed E-state index contributed by atoms with van der Waals surface area (Å²) in [6, 6.07) is 0. The molecule has 0 aromatic rings. The monoisotopic (exact) mass is 400 g/mol. The summed E-state index contributed by atoms with van der Waals surface area (Å²) in [5, 5.41) is 68.1. The van der Waals surface area contributed by atoms with Crippen LogP contribution in [0.4, 0.5) is 0 Å². The van der Waals surface area contributed by atoms with Gasteiger partial charge in [0.1, 0.15) is 49.3 Å².